The minimum Gasteiger partial charge on any atom is -0.493 e. The van der Waals surface area contributed by atoms with Gasteiger partial charge in [0.05, 0.1) is 12.3 Å². The standard InChI is InChI=1S/C26H26N2O3S/c1-19(2)18-31-24-11-7-6-10-23(24)27-26(32)28-25(29)21-12-14-22(15-13-21)30-17-16-20-8-4-3-5-9-20/h3-15H,1,16-18H2,2H3,(H2,27,28,29,32). The zero-order valence-corrected chi connectivity index (χ0v) is 18.8. The van der Waals surface area contributed by atoms with Gasteiger partial charge in [0.15, 0.2) is 5.11 Å². The number of carbonyl (C=O) groups is 1. The van der Waals surface area contributed by atoms with E-state index in [1.165, 1.54) is 5.56 Å². The van der Waals surface area contributed by atoms with E-state index in [-0.39, 0.29) is 11.0 Å². The number of anilines is 1. The Balaban J connectivity index is 1.50. The monoisotopic (exact) mass is 446 g/mol. The van der Waals surface area contributed by atoms with Crippen LogP contribution in [-0.4, -0.2) is 24.2 Å². The summed E-state index contributed by atoms with van der Waals surface area (Å²) >= 11 is 5.30. The summed E-state index contributed by atoms with van der Waals surface area (Å²) in [5.74, 6) is 1.03. The van der Waals surface area contributed by atoms with E-state index in [0.717, 1.165) is 12.0 Å². The van der Waals surface area contributed by atoms with Crippen molar-refractivity contribution in [3.63, 3.8) is 0 Å². The Morgan fingerprint density at radius 3 is 2.34 bits per heavy atom. The Morgan fingerprint density at radius 1 is 0.938 bits per heavy atom. The summed E-state index contributed by atoms with van der Waals surface area (Å²) < 4.78 is 11.5. The summed E-state index contributed by atoms with van der Waals surface area (Å²) in [5, 5.41) is 5.88. The third-order valence-electron chi connectivity index (χ3n) is 4.46. The van der Waals surface area contributed by atoms with Crippen LogP contribution in [0.2, 0.25) is 0 Å². The maximum Gasteiger partial charge on any atom is 0.257 e. The van der Waals surface area contributed by atoms with Gasteiger partial charge in [-0.3, -0.25) is 10.1 Å². The van der Waals surface area contributed by atoms with Crippen molar-refractivity contribution < 1.29 is 14.3 Å². The van der Waals surface area contributed by atoms with Gasteiger partial charge in [-0.2, -0.15) is 0 Å². The first-order chi connectivity index (χ1) is 15.5. The molecular formula is C26H26N2O3S. The third-order valence-corrected chi connectivity index (χ3v) is 4.66. The van der Waals surface area contributed by atoms with E-state index in [0.29, 0.717) is 36.0 Å². The molecule has 3 aromatic rings. The maximum absolute atomic E-state index is 12.5. The smallest absolute Gasteiger partial charge is 0.257 e. The molecule has 0 saturated heterocycles. The molecule has 0 atom stereocenters. The highest BCUT2D eigenvalue weighted by molar-refractivity contribution is 7.80. The predicted octanol–water partition coefficient (Wildman–Crippen LogP) is 5.39. The lowest BCUT2D eigenvalue weighted by Crippen LogP contribution is -2.34. The van der Waals surface area contributed by atoms with Gasteiger partial charge >= 0.3 is 0 Å². The normalized spacial score (nSPS) is 10.2. The Labute approximate surface area is 194 Å². The van der Waals surface area contributed by atoms with Crippen LogP contribution in [0.3, 0.4) is 0 Å². The van der Waals surface area contributed by atoms with Crippen LogP contribution in [0.5, 0.6) is 11.5 Å². The van der Waals surface area contributed by atoms with Crippen molar-refractivity contribution in [3.8, 4) is 11.5 Å². The average molecular weight is 447 g/mol. The van der Waals surface area contributed by atoms with Crippen LogP contribution in [0, 0.1) is 0 Å². The van der Waals surface area contributed by atoms with Crippen molar-refractivity contribution >= 4 is 28.9 Å². The van der Waals surface area contributed by atoms with Gasteiger partial charge < -0.3 is 14.8 Å². The molecule has 0 aliphatic carbocycles. The largest absolute Gasteiger partial charge is 0.493 e. The molecule has 0 saturated carbocycles. The number of nitrogens with one attached hydrogen (secondary N) is 2. The lowest BCUT2D eigenvalue weighted by atomic mass is 10.2. The van der Waals surface area contributed by atoms with E-state index < -0.39 is 0 Å². The summed E-state index contributed by atoms with van der Waals surface area (Å²) in [4.78, 5) is 12.5. The fraction of sp³-hybridized carbons (Fsp3) is 0.154. The SMILES string of the molecule is C=C(C)COc1ccccc1NC(=S)NC(=O)c1ccc(OCCc2ccccc2)cc1. The van der Waals surface area contributed by atoms with Gasteiger partial charge in [-0.25, -0.2) is 0 Å². The van der Waals surface area contributed by atoms with Crippen molar-refractivity contribution in [1.82, 2.24) is 5.32 Å². The highest BCUT2D eigenvalue weighted by atomic mass is 32.1. The van der Waals surface area contributed by atoms with Crippen LogP contribution in [0.1, 0.15) is 22.8 Å². The topological polar surface area (TPSA) is 59.6 Å². The quantitative estimate of drug-likeness (QED) is 0.341. The van der Waals surface area contributed by atoms with Gasteiger partial charge in [-0.15, -0.1) is 0 Å². The second kappa shape index (κ2) is 11.7. The molecule has 0 aliphatic rings. The summed E-state index contributed by atoms with van der Waals surface area (Å²) in [6, 6.07) is 24.5. The number of hydrogen-bond acceptors (Lipinski definition) is 4. The Bertz CT molecular complexity index is 1070. The zero-order valence-electron chi connectivity index (χ0n) is 18.0. The molecule has 3 rings (SSSR count). The number of para-hydroxylation sites is 2. The number of rotatable bonds is 9. The molecule has 5 nitrogen and oxygen atoms in total. The van der Waals surface area contributed by atoms with Gasteiger partial charge in [0.1, 0.15) is 18.1 Å². The van der Waals surface area contributed by atoms with E-state index in [9.17, 15) is 4.79 Å². The maximum atomic E-state index is 12.5. The van der Waals surface area contributed by atoms with Crippen molar-refractivity contribution in [2.24, 2.45) is 0 Å². The minimum absolute atomic E-state index is 0.185. The zero-order chi connectivity index (χ0) is 22.8. The predicted molar refractivity (Wildman–Crippen MR) is 133 cm³/mol. The molecule has 2 N–H and O–H groups in total. The van der Waals surface area contributed by atoms with Crippen LogP contribution in [0.25, 0.3) is 0 Å². The average Bonchev–Trinajstić information content (AvgIpc) is 2.79. The van der Waals surface area contributed by atoms with Crippen molar-refractivity contribution in [2.75, 3.05) is 18.5 Å². The van der Waals surface area contributed by atoms with Crippen LogP contribution in [0.4, 0.5) is 5.69 Å². The summed E-state index contributed by atoms with van der Waals surface area (Å²) in [6.07, 6.45) is 0.820. The van der Waals surface area contributed by atoms with Crippen molar-refractivity contribution in [3.05, 3.63) is 102 Å². The summed E-state index contributed by atoms with van der Waals surface area (Å²) in [5.41, 5.74) is 3.27. The van der Waals surface area contributed by atoms with Crippen molar-refractivity contribution in [1.29, 1.82) is 0 Å². The number of carbonyl (C=O) groups excluding carboxylic acids is 1. The van der Waals surface area contributed by atoms with Crippen LogP contribution in [-0.2, 0) is 6.42 Å². The third kappa shape index (κ3) is 7.25. The van der Waals surface area contributed by atoms with E-state index in [4.69, 9.17) is 21.7 Å². The number of hydrogen-bond donors (Lipinski definition) is 2. The summed E-state index contributed by atoms with van der Waals surface area (Å²) in [7, 11) is 0. The van der Waals surface area contributed by atoms with Crippen molar-refractivity contribution in [2.45, 2.75) is 13.3 Å². The number of benzene rings is 3. The highest BCUT2D eigenvalue weighted by Crippen LogP contribution is 2.24. The Hall–Kier alpha value is -3.64. The molecule has 0 aromatic heterocycles. The fourth-order valence-electron chi connectivity index (χ4n) is 2.86. The van der Waals surface area contributed by atoms with Gasteiger partial charge in [-0.1, -0.05) is 49.0 Å². The summed E-state index contributed by atoms with van der Waals surface area (Å²) in [6.45, 7) is 6.69. The van der Waals surface area contributed by atoms with E-state index in [1.807, 2.05) is 49.4 Å². The van der Waals surface area contributed by atoms with E-state index in [1.54, 1.807) is 24.3 Å². The van der Waals surface area contributed by atoms with E-state index >= 15 is 0 Å². The highest BCUT2D eigenvalue weighted by Gasteiger charge is 2.10. The molecule has 0 radical (unpaired) electrons. The number of amides is 1. The molecule has 0 heterocycles. The molecule has 0 spiro atoms. The lowest BCUT2D eigenvalue weighted by Gasteiger charge is -2.14. The van der Waals surface area contributed by atoms with Crippen LogP contribution < -0.4 is 20.1 Å². The first-order valence-electron chi connectivity index (χ1n) is 10.3. The van der Waals surface area contributed by atoms with Crippen LogP contribution in [0.15, 0.2) is 91.0 Å². The molecule has 164 valence electrons. The molecular weight excluding hydrogens is 420 g/mol. The first kappa shape index (κ1) is 23.0. The Kier molecular flexibility index (Phi) is 8.40. The number of ether oxygens (including phenoxy) is 2. The molecule has 32 heavy (non-hydrogen) atoms. The lowest BCUT2D eigenvalue weighted by molar-refractivity contribution is 0.0977. The Morgan fingerprint density at radius 2 is 1.62 bits per heavy atom. The minimum atomic E-state index is -0.307. The van der Waals surface area contributed by atoms with E-state index in [2.05, 4.69) is 29.3 Å². The molecule has 0 bridgehead atoms. The molecule has 0 aliphatic heterocycles. The molecule has 3 aromatic carbocycles. The molecule has 0 fully saturated rings. The van der Waals surface area contributed by atoms with Gasteiger partial charge in [0.2, 0.25) is 0 Å². The first-order valence-corrected chi connectivity index (χ1v) is 10.7. The molecule has 0 unspecified atom stereocenters. The molecule has 6 heteroatoms. The fourth-order valence-corrected chi connectivity index (χ4v) is 3.06. The van der Waals surface area contributed by atoms with Gasteiger partial charge in [-0.05, 0) is 66.7 Å². The second-order valence-electron chi connectivity index (χ2n) is 7.26. The molecule has 1 amide bonds. The van der Waals surface area contributed by atoms with Crippen LogP contribution >= 0.6 is 12.2 Å². The van der Waals surface area contributed by atoms with Gasteiger partial charge in [0.25, 0.3) is 5.91 Å². The van der Waals surface area contributed by atoms with Gasteiger partial charge in [0, 0.05) is 12.0 Å². The number of thiocarbonyl (C=S) groups is 1. The second-order valence-corrected chi connectivity index (χ2v) is 7.67.